The average Bonchev–Trinajstić information content (AvgIpc) is 3.25. The molecule has 2 aliphatic heterocycles. The van der Waals surface area contributed by atoms with E-state index in [1.807, 2.05) is 19.9 Å². The van der Waals surface area contributed by atoms with E-state index in [1.165, 1.54) is 6.26 Å². The quantitative estimate of drug-likeness (QED) is 0.536. The van der Waals surface area contributed by atoms with E-state index in [-0.39, 0.29) is 29.5 Å². The Bertz CT molecular complexity index is 1280. The third kappa shape index (κ3) is 3.79. The summed E-state index contributed by atoms with van der Waals surface area (Å²) in [6, 6.07) is 3.63. The van der Waals surface area contributed by atoms with Crippen molar-refractivity contribution in [1.82, 2.24) is 24.5 Å². The first kappa shape index (κ1) is 21.1. The maximum Gasteiger partial charge on any atom is 0.211 e. The van der Waals surface area contributed by atoms with E-state index in [9.17, 15) is 8.42 Å². The highest BCUT2D eigenvalue weighted by molar-refractivity contribution is 7.88. The summed E-state index contributed by atoms with van der Waals surface area (Å²) in [5.74, 6) is 0.493. The van der Waals surface area contributed by atoms with Crippen LogP contribution in [-0.4, -0.2) is 57.3 Å². The largest absolute Gasteiger partial charge is 0.367 e. The van der Waals surface area contributed by atoms with Crippen LogP contribution in [-0.2, 0) is 10.0 Å². The van der Waals surface area contributed by atoms with Crippen LogP contribution in [0.1, 0.15) is 36.9 Å². The molecule has 2 bridgehead atoms. The van der Waals surface area contributed by atoms with Crippen LogP contribution in [0.15, 0.2) is 18.3 Å². The van der Waals surface area contributed by atoms with Crippen molar-refractivity contribution < 1.29 is 12.8 Å². The Morgan fingerprint density at radius 1 is 1.16 bits per heavy atom. The highest BCUT2D eigenvalue weighted by atomic mass is 32.2. The van der Waals surface area contributed by atoms with E-state index in [1.54, 1.807) is 16.6 Å². The number of aromatic nitrogens is 4. The van der Waals surface area contributed by atoms with Gasteiger partial charge in [-0.2, -0.15) is 9.40 Å². The van der Waals surface area contributed by atoms with Gasteiger partial charge in [0.25, 0.3) is 0 Å². The van der Waals surface area contributed by atoms with Crippen LogP contribution >= 0.6 is 0 Å². The number of nitrogens with one attached hydrogen (secondary N) is 3. The van der Waals surface area contributed by atoms with E-state index in [0.717, 1.165) is 24.1 Å². The third-order valence-electron chi connectivity index (χ3n) is 6.26. The number of rotatable bonds is 5. The first-order valence-corrected chi connectivity index (χ1v) is 12.5. The zero-order valence-corrected chi connectivity index (χ0v) is 19.0. The second-order valence-corrected chi connectivity index (χ2v) is 10.8. The summed E-state index contributed by atoms with van der Waals surface area (Å²) in [4.78, 5) is 8.87. The molecule has 11 heteroatoms. The van der Waals surface area contributed by atoms with Gasteiger partial charge in [-0.1, -0.05) is 0 Å². The molecule has 5 rings (SSSR count). The first-order chi connectivity index (χ1) is 15.2. The summed E-state index contributed by atoms with van der Waals surface area (Å²) >= 11 is 0. The molecule has 9 nitrogen and oxygen atoms in total. The van der Waals surface area contributed by atoms with Gasteiger partial charge in [-0.15, -0.1) is 0 Å². The molecule has 0 amide bonds. The molecule has 0 saturated carbocycles. The maximum absolute atomic E-state index is 15.2. The Kier molecular flexibility index (Phi) is 5.05. The van der Waals surface area contributed by atoms with E-state index in [0.29, 0.717) is 29.9 Å². The summed E-state index contributed by atoms with van der Waals surface area (Å²) in [6.07, 6.45) is 6.00. The van der Waals surface area contributed by atoms with Crippen molar-refractivity contribution in [3.05, 3.63) is 35.4 Å². The monoisotopic (exact) mass is 459 g/mol. The zero-order chi connectivity index (χ0) is 22.6. The van der Waals surface area contributed by atoms with Gasteiger partial charge in [0.2, 0.25) is 10.0 Å². The number of pyridine rings is 2. The van der Waals surface area contributed by atoms with Crippen molar-refractivity contribution in [2.75, 3.05) is 16.9 Å². The number of hydrogen-bond donors (Lipinski definition) is 3. The molecule has 1 unspecified atom stereocenters. The molecule has 0 aliphatic carbocycles. The molecule has 2 fully saturated rings. The fraction of sp³-hybridized carbons (Fsp3) is 0.476. The van der Waals surface area contributed by atoms with Crippen LogP contribution < -0.4 is 10.6 Å². The number of piperidine rings is 1. The molecule has 0 aromatic carbocycles. The number of fused-ring (bicyclic) bond motifs is 3. The van der Waals surface area contributed by atoms with Crippen molar-refractivity contribution in [2.45, 2.75) is 57.7 Å². The van der Waals surface area contributed by atoms with Gasteiger partial charge >= 0.3 is 0 Å². The van der Waals surface area contributed by atoms with Crippen molar-refractivity contribution in [3.63, 3.8) is 0 Å². The number of hydrogen-bond acceptors (Lipinski definition) is 7. The molecule has 5 heterocycles. The molecule has 3 aromatic rings. The highest BCUT2D eigenvalue weighted by Crippen LogP contribution is 2.39. The van der Waals surface area contributed by atoms with Crippen molar-refractivity contribution >= 4 is 38.4 Å². The van der Waals surface area contributed by atoms with Crippen LogP contribution in [0.3, 0.4) is 0 Å². The number of aryl methyl sites for hydroxylation is 2. The predicted octanol–water partition coefficient (Wildman–Crippen LogP) is 3.22. The van der Waals surface area contributed by atoms with E-state index in [4.69, 9.17) is 0 Å². The third-order valence-corrected chi connectivity index (χ3v) is 7.62. The van der Waals surface area contributed by atoms with Gasteiger partial charge in [-0.3, -0.25) is 10.1 Å². The fourth-order valence-corrected chi connectivity index (χ4v) is 6.51. The minimum absolute atomic E-state index is 0.0162. The molecule has 32 heavy (non-hydrogen) atoms. The molecule has 0 spiro atoms. The van der Waals surface area contributed by atoms with Crippen LogP contribution in [0.5, 0.6) is 0 Å². The SMILES string of the molecule is Cc1cnc2c(F)c(Nc3cc(C)[nH]n3)nc(NC3C[C@H]4CC[C@@H](C3)N4S(C)(=O)=O)c2c1. The molecule has 0 radical (unpaired) electrons. The topological polar surface area (TPSA) is 116 Å². The van der Waals surface area contributed by atoms with Gasteiger partial charge in [0.05, 0.1) is 6.26 Å². The lowest BCUT2D eigenvalue weighted by atomic mass is 9.99. The van der Waals surface area contributed by atoms with Crippen LogP contribution in [0, 0.1) is 19.7 Å². The summed E-state index contributed by atoms with van der Waals surface area (Å²) in [7, 11) is -3.23. The average molecular weight is 460 g/mol. The van der Waals surface area contributed by atoms with Gasteiger partial charge in [0.1, 0.15) is 11.3 Å². The van der Waals surface area contributed by atoms with E-state index >= 15 is 4.39 Å². The van der Waals surface area contributed by atoms with Crippen molar-refractivity contribution in [3.8, 4) is 0 Å². The number of nitrogens with zero attached hydrogens (tertiary/aromatic N) is 4. The molecule has 170 valence electrons. The lowest BCUT2D eigenvalue weighted by molar-refractivity contribution is 0.236. The minimum Gasteiger partial charge on any atom is -0.367 e. The van der Waals surface area contributed by atoms with Gasteiger partial charge in [0, 0.05) is 41.5 Å². The normalized spacial score (nSPS) is 23.6. The van der Waals surface area contributed by atoms with E-state index < -0.39 is 15.8 Å². The standard InChI is InChI=1S/C21H26FN7O2S/c1-11-6-16-19(23-10-11)18(22)21(25-17-7-12(2)27-28-17)26-20(16)24-13-8-14-4-5-15(9-13)29(14)32(3,30)31/h6-7,10,13-15H,4-5,8-9H2,1-3H3,(H3,24,25,26,27,28)/t13?,14-,15+. The molecule has 3 N–H and O–H groups in total. The summed E-state index contributed by atoms with van der Waals surface area (Å²) in [5, 5.41) is 13.9. The van der Waals surface area contributed by atoms with Crippen LogP contribution in [0.4, 0.5) is 21.8 Å². The van der Waals surface area contributed by atoms with Crippen LogP contribution in [0.25, 0.3) is 10.9 Å². The number of aromatic amines is 1. The Morgan fingerprint density at radius 3 is 2.50 bits per heavy atom. The Morgan fingerprint density at radius 2 is 1.88 bits per heavy atom. The fourth-order valence-electron chi connectivity index (χ4n) is 5.04. The summed E-state index contributed by atoms with van der Waals surface area (Å²) in [5.41, 5.74) is 1.96. The number of sulfonamides is 1. The zero-order valence-electron chi connectivity index (χ0n) is 18.2. The second-order valence-electron chi connectivity index (χ2n) is 8.88. The first-order valence-electron chi connectivity index (χ1n) is 10.7. The number of anilines is 3. The number of halogens is 1. The minimum atomic E-state index is -3.23. The lowest BCUT2D eigenvalue weighted by Crippen LogP contribution is -2.49. The summed E-state index contributed by atoms with van der Waals surface area (Å²) in [6.45, 7) is 3.76. The molecule has 2 saturated heterocycles. The molecule has 3 atom stereocenters. The van der Waals surface area contributed by atoms with E-state index in [2.05, 4.69) is 30.8 Å². The Labute approximate surface area is 185 Å². The van der Waals surface area contributed by atoms with Gasteiger partial charge in [-0.25, -0.2) is 17.8 Å². The van der Waals surface area contributed by atoms with Crippen molar-refractivity contribution in [2.24, 2.45) is 0 Å². The molecular formula is C21H26FN7O2S. The maximum atomic E-state index is 15.2. The van der Waals surface area contributed by atoms with Gasteiger partial charge in [0.15, 0.2) is 17.5 Å². The molecule has 3 aromatic heterocycles. The molecular weight excluding hydrogens is 433 g/mol. The van der Waals surface area contributed by atoms with Crippen molar-refractivity contribution in [1.29, 1.82) is 0 Å². The number of H-pyrrole nitrogens is 1. The summed E-state index contributed by atoms with van der Waals surface area (Å²) < 4.78 is 41.3. The lowest BCUT2D eigenvalue weighted by Gasteiger charge is -2.37. The highest BCUT2D eigenvalue weighted by Gasteiger charge is 2.45. The Balaban J connectivity index is 1.49. The predicted molar refractivity (Wildman–Crippen MR) is 121 cm³/mol. The smallest absolute Gasteiger partial charge is 0.211 e. The van der Waals surface area contributed by atoms with Crippen LogP contribution in [0.2, 0.25) is 0 Å². The molecule has 2 aliphatic rings. The Hall–Kier alpha value is -2.79. The van der Waals surface area contributed by atoms with Gasteiger partial charge < -0.3 is 10.6 Å². The van der Waals surface area contributed by atoms with Gasteiger partial charge in [-0.05, 0) is 51.2 Å². The second kappa shape index (κ2) is 7.66.